The van der Waals surface area contributed by atoms with Gasteiger partial charge in [0.25, 0.3) is 5.69 Å². The van der Waals surface area contributed by atoms with Crippen molar-refractivity contribution in [1.29, 1.82) is 0 Å². The Morgan fingerprint density at radius 1 is 1.50 bits per heavy atom. The second kappa shape index (κ2) is 5.77. The molecule has 0 heterocycles. The van der Waals surface area contributed by atoms with Crippen LogP contribution in [0.15, 0.2) is 22.7 Å². The minimum atomic E-state index is -0.402. The number of non-ortho nitro benzene ring substituents is 1. The second-order valence-electron chi connectivity index (χ2n) is 4.46. The number of rotatable bonds is 6. The van der Waals surface area contributed by atoms with E-state index in [1.54, 1.807) is 6.07 Å². The van der Waals surface area contributed by atoms with Gasteiger partial charge in [0.05, 0.1) is 11.5 Å². The number of nitrogens with zero attached hydrogens (tertiary/aromatic N) is 2. The molecule has 1 aromatic carbocycles. The van der Waals surface area contributed by atoms with Crippen molar-refractivity contribution >= 4 is 21.6 Å². The molecular weight excluding hydrogens is 300 g/mol. The average Bonchev–Trinajstić information content (AvgIpc) is 3.14. The molecule has 0 unspecified atom stereocenters. The van der Waals surface area contributed by atoms with Crippen molar-refractivity contribution < 1.29 is 10.0 Å². The molecular formula is C12H15BrN2O3. The Hall–Kier alpha value is -0.980. The van der Waals surface area contributed by atoms with Crippen LogP contribution < -0.4 is 0 Å². The molecule has 1 aromatic rings. The van der Waals surface area contributed by atoms with Crippen molar-refractivity contribution in [3.8, 4) is 0 Å². The maximum Gasteiger partial charge on any atom is 0.270 e. The maximum atomic E-state index is 10.6. The summed E-state index contributed by atoms with van der Waals surface area (Å²) in [6, 6.07) is 5.37. The molecule has 18 heavy (non-hydrogen) atoms. The molecule has 1 aliphatic carbocycles. The molecule has 1 aliphatic rings. The number of hydrogen-bond donors (Lipinski definition) is 1. The Morgan fingerprint density at radius 3 is 2.72 bits per heavy atom. The summed E-state index contributed by atoms with van der Waals surface area (Å²) in [5.74, 6) is 0. The summed E-state index contributed by atoms with van der Waals surface area (Å²) in [6.45, 7) is 1.50. The standard InChI is InChI=1S/C12H15BrN2O3/c13-12-7-11(15(17)18)2-1-9(12)8-14(5-6-16)10-3-4-10/h1-2,7,10,16H,3-6,8H2. The van der Waals surface area contributed by atoms with Gasteiger partial charge >= 0.3 is 0 Å². The largest absolute Gasteiger partial charge is 0.395 e. The van der Waals surface area contributed by atoms with Crippen LogP contribution in [0.2, 0.25) is 0 Å². The normalized spacial score (nSPS) is 15.1. The van der Waals surface area contributed by atoms with E-state index in [1.165, 1.54) is 25.0 Å². The molecule has 1 N–H and O–H groups in total. The Bertz CT molecular complexity index is 449. The molecule has 0 atom stereocenters. The van der Waals surface area contributed by atoms with Crippen molar-refractivity contribution in [3.63, 3.8) is 0 Å². The van der Waals surface area contributed by atoms with Gasteiger partial charge in [-0.15, -0.1) is 0 Å². The molecule has 0 bridgehead atoms. The van der Waals surface area contributed by atoms with Crippen molar-refractivity contribution in [2.75, 3.05) is 13.2 Å². The smallest absolute Gasteiger partial charge is 0.270 e. The van der Waals surface area contributed by atoms with Gasteiger partial charge < -0.3 is 5.11 Å². The first-order valence-corrected chi connectivity index (χ1v) is 6.69. The topological polar surface area (TPSA) is 66.6 Å². The molecule has 0 radical (unpaired) electrons. The highest BCUT2D eigenvalue weighted by Gasteiger charge is 2.28. The highest BCUT2D eigenvalue weighted by Crippen LogP contribution is 2.30. The summed E-state index contributed by atoms with van der Waals surface area (Å²) in [4.78, 5) is 12.5. The van der Waals surface area contributed by atoms with E-state index in [1.807, 2.05) is 0 Å². The van der Waals surface area contributed by atoms with Gasteiger partial charge in [0, 0.05) is 35.7 Å². The fourth-order valence-electron chi connectivity index (χ4n) is 1.96. The van der Waals surface area contributed by atoms with E-state index < -0.39 is 4.92 Å². The van der Waals surface area contributed by atoms with Crippen LogP contribution in [0.25, 0.3) is 0 Å². The molecule has 1 saturated carbocycles. The average molecular weight is 315 g/mol. The first-order chi connectivity index (χ1) is 8.61. The summed E-state index contributed by atoms with van der Waals surface area (Å²) in [5.41, 5.74) is 1.10. The summed E-state index contributed by atoms with van der Waals surface area (Å²) >= 11 is 3.37. The van der Waals surface area contributed by atoms with Gasteiger partial charge in [-0.05, 0) is 24.5 Å². The second-order valence-corrected chi connectivity index (χ2v) is 5.31. The Balaban J connectivity index is 2.10. The highest BCUT2D eigenvalue weighted by molar-refractivity contribution is 9.10. The summed E-state index contributed by atoms with van der Waals surface area (Å²) < 4.78 is 0.750. The maximum absolute atomic E-state index is 10.6. The minimum Gasteiger partial charge on any atom is -0.395 e. The van der Waals surface area contributed by atoms with Gasteiger partial charge in [0.2, 0.25) is 0 Å². The van der Waals surface area contributed by atoms with E-state index in [0.717, 1.165) is 10.0 Å². The lowest BCUT2D eigenvalue weighted by Crippen LogP contribution is -2.28. The van der Waals surface area contributed by atoms with Crippen molar-refractivity contribution in [2.45, 2.75) is 25.4 Å². The molecule has 5 nitrogen and oxygen atoms in total. The van der Waals surface area contributed by atoms with Crippen LogP contribution in [-0.2, 0) is 6.54 Å². The number of nitro benzene ring substituents is 1. The number of benzene rings is 1. The highest BCUT2D eigenvalue weighted by atomic mass is 79.9. The Labute approximate surface area is 114 Å². The first-order valence-electron chi connectivity index (χ1n) is 5.89. The van der Waals surface area contributed by atoms with Gasteiger partial charge in [0.1, 0.15) is 0 Å². The van der Waals surface area contributed by atoms with Crippen molar-refractivity contribution in [1.82, 2.24) is 4.90 Å². The molecule has 2 rings (SSSR count). The fourth-order valence-corrected chi connectivity index (χ4v) is 2.45. The monoisotopic (exact) mass is 314 g/mol. The van der Waals surface area contributed by atoms with Crippen LogP contribution in [0, 0.1) is 10.1 Å². The molecule has 0 spiro atoms. The molecule has 98 valence electrons. The van der Waals surface area contributed by atoms with Gasteiger partial charge in [-0.1, -0.05) is 15.9 Å². The number of halogens is 1. The molecule has 0 amide bonds. The van der Waals surface area contributed by atoms with Crippen LogP contribution in [-0.4, -0.2) is 34.1 Å². The number of aliphatic hydroxyl groups is 1. The predicted molar refractivity (Wildman–Crippen MR) is 71.3 cm³/mol. The van der Waals surface area contributed by atoms with E-state index in [-0.39, 0.29) is 12.3 Å². The molecule has 0 aliphatic heterocycles. The third kappa shape index (κ3) is 3.28. The zero-order valence-electron chi connectivity index (χ0n) is 9.88. The van der Waals surface area contributed by atoms with Crippen LogP contribution in [0.5, 0.6) is 0 Å². The predicted octanol–water partition coefficient (Wildman–Crippen LogP) is 2.31. The lowest BCUT2D eigenvalue weighted by Gasteiger charge is -2.21. The summed E-state index contributed by atoms with van der Waals surface area (Å²) in [7, 11) is 0. The SMILES string of the molecule is O=[N+]([O-])c1ccc(CN(CCO)C2CC2)c(Br)c1. The van der Waals surface area contributed by atoms with Crippen LogP contribution in [0.1, 0.15) is 18.4 Å². The van der Waals surface area contributed by atoms with E-state index in [2.05, 4.69) is 20.8 Å². The third-order valence-corrected chi connectivity index (χ3v) is 3.81. The van der Waals surface area contributed by atoms with Crippen LogP contribution in [0.3, 0.4) is 0 Å². The van der Waals surface area contributed by atoms with Crippen molar-refractivity contribution in [2.24, 2.45) is 0 Å². The quantitative estimate of drug-likeness (QED) is 0.646. The number of aliphatic hydroxyl groups excluding tert-OH is 1. The summed E-state index contributed by atoms with van der Waals surface area (Å²) in [5, 5.41) is 19.7. The lowest BCUT2D eigenvalue weighted by molar-refractivity contribution is -0.384. The number of hydrogen-bond acceptors (Lipinski definition) is 4. The zero-order chi connectivity index (χ0) is 13.1. The summed E-state index contributed by atoms with van der Waals surface area (Å²) in [6.07, 6.45) is 2.34. The van der Waals surface area contributed by atoms with E-state index in [4.69, 9.17) is 5.11 Å². The Morgan fingerprint density at radius 2 is 2.22 bits per heavy atom. The zero-order valence-corrected chi connectivity index (χ0v) is 11.5. The fraction of sp³-hybridized carbons (Fsp3) is 0.500. The van der Waals surface area contributed by atoms with Crippen LogP contribution in [0.4, 0.5) is 5.69 Å². The molecule has 1 fully saturated rings. The first kappa shape index (κ1) is 13.5. The van der Waals surface area contributed by atoms with E-state index in [0.29, 0.717) is 19.1 Å². The minimum absolute atomic E-state index is 0.0887. The lowest BCUT2D eigenvalue weighted by atomic mass is 10.2. The van der Waals surface area contributed by atoms with E-state index in [9.17, 15) is 10.1 Å². The van der Waals surface area contributed by atoms with Gasteiger partial charge in [-0.25, -0.2) is 0 Å². The molecule has 0 saturated heterocycles. The molecule has 0 aromatic heterocycles. The van der Waals surface area contributed by atoms with Gasteiger partial charge in [-0.3, -0.25) is 15.0 Å². The van der Waals surface area contributed by atoms with Crippen LogP contribution >= 0.6 is 15.9 Å². The third-order valence-electron chi connectivity index (χ3n) is 3.07. The number of nitro groups is 1. The van der Waals surface area contributed by atoms with E-state index >= 15 is 0 Å². The molecule has 6 heteroatoms. The van der Waals surface area contributed by atoms with Crippen molar-refractivity contribution in [3.05, 3.63) is 38.3 Å². The Kier molecular flexibility index (Phi) is 4.31. The van der Waals surface area contributed by atoms with Gasteiger partial charge in [0.15, 0.2) is 0 Å². The van der Waals surface area contributed by atoms with Gasteiger partial charge in [-0.2, -0.15) is 0 Å².